The van der Waals surface area contributed by atoms with Crippen molar-refractivity contribution >= 4 is 16.7 Å². The number of hydrogen-bond donors (Lipinski definition) is 2. The molecule has 4 nitrogen and oxygen atoms in total. The molecule has 1 atom stereocenters. The van der Waals surface area contributed by atoms with E-state index in [1.807, 2.05) is 44.2 Å². The van der Waals surface area contributed by atoms with Crippen LogP contribution in [0.2, 0.25) is 0 Å². The van der Waals surface area contributed by atoms with Crippen LogP contribution >= 0.6 is 0 Å². The summed E-state index contributed by atoms with van der Waals surface area (Å²) in [5, 5.41) is 15.3. The van der Waals surface area contributed by atoms with Gasteiger partial charge in [-0.1, -0.05) is 44.2 Å². The summed E-state index contributed by atoms with van der Waals surface area (Å²) in [5.41, 5.74) is 0.794. The van der Waals surface area contributed by atoms with Gasteiger partial charge < -0.3 is 9.84 Å². The van der Waals surface area contributed by atoms with Gasteiger partial charge in [0.2, 0.25) is 0 Å². The maximum atomic E-state index is 11.8. The number of carbonyl (C=O) groups is 1. The van der Waals surface area contributed by atoms with Gasteiger partial charge in [-0.15, -0.1) is 0 Å². The molecule has 0 aliphatic carbocycles. The van der Waals surface area contributed by atoms with Crippen LogP contribution in [0.5, 0.6) is 5.75 Å². The van der Waals surface area contributed by atoms with Crippen molar-refractivity contribution in [3.8, 4) is 5.75 Å². The highest BCUT2D eigenvalue weighted by atomic mass is 16.5. The van der Waals surface area contributed by atoms with Crippen molar-refractivity contribution in [3.63, 3.8) is 0 Å². The Morgan fingerprint density at radius 1 is 1.24 bits per heavy atom. The van der Waals surface area contributed by atoms with Crippen molar-refractivity contribution in [2.24, 2.45) is 5.92 Å². The van der Waals surface area contributed by atoms with Gasteiger partial charge in [0.05, 0.1) is 7.11 Å². The van der Waals surface area contributed by atoms with Crippen LogP contribution in [0.25, 0.3) is 10.8 Å². The Balaban J connectivity index is 2.27. The Morgan fingerprint density at radius 3 is 2.62 bits per heavy atom. The summed E-state index contributed by atoms with van der Waals surface area (Å²) in [7, 11) is 1.38. The Bertz CT molecular complexity index is 637. The molecule has 0 fully saturated rings. The SMILES string of the molecule is COC(=O)[C@@H](NCc1c(O)ccc2ccccc12)C(C)C. The second kappa shape index (κ2) is 6.59. The zero-order valence-electron chi connectivity index (χ0n) is 12.6. The summed E-state index contributed by atoms with van der Waals surface area (Å²) in [4.78, 5) is 11.8. The molecule has 21 heavy (non-hydrogen) atoms. The molecule has 0 heterocycles. The molecule has 112 valence electrons. The van der Waals surface area contributed by atoms with E-state index >= 15 is 0 Å². The van der Waals surface area contributed by atoms with E-state index in [0.717, 1.165) is 16.3 Å². The van der Waals surface area contributed by atoms with Gasteiger partial charge in [-0.25, -0.2) is 0 Å². The smallest absolute Gasteiger partial charge is 0.323 e. The first kappa shape index (κ1) is 15.3. The molecule has 4 heteroatoms. The number of esters is 1. The van der Waals surface area contributed by atoms with Gasteiger partial charge in [-0.05, 0) is 22.8 Å². The van der Waals surface area contributed by atoms with Crippen molar-refractivity contribution < 1.29 is 14.6 Å². The summed E-state index contributed by atoms with van der Waals surface area (Å²) in [6, 6.07) is 11.0. The number of carbonyl (C=O) groups excluding carboxylic acids is 1. The van der Waals surface area contributed by atoms with Crippen molar-refractivity contribution in [1.29, 1.82) is 0 Å². The van der Waals surface area contributed by atoms with Crippen LogP contribution in [-0.2, 0) is 16.1 Å². The Kier molecular flexibility index (Phi) is 4.81. The lowest BCUT2D eigenvalue weighted by molar-refractivity contribution is -0.144. The number of ether oxygens (including phenoxy) is 1. The average molecular weight is 287 g/mol. The monoisotopic (exact) mass is 287 g/mol. The molecule has 2 aromatic rings. The van der Waals surface area contributed by atoms with Gasteiger partial charge in [0.25, 0.3) is 0 Å². The predicted octanol–water partition coefficient (Wildman–Crippen LogP) is 2.83. The lowest BCUT2D eigenvalue weighted by Gasteiger charge is -2.20. The molecule has 2 N–H and O–H groups in total. The second-order valence-electron chi connectivity index (χ2n) is 5.41. The molecule has 2 aromatic carbocycles. The quantitative estimate of drug-likeness (QED) is 0.830. The fourth-order valence-electron chi connectivity index (χ4n) is 2.44. The maximum Gasteiger partial charge on any atom is 0.323 e. The summed E-state index contributed by atoms with van der Waals surface area (Å²) < 4.78 is 4.82. The third-order valence-corrected chi connectivity index (χ3v) is 3.64. The van der Waals surface area contributed by atoms with Gasteiger partial charge in [-0.2, -0.15) is 0 Å². The number of phenolic OH excluding ortho intramolecular Hbond substituents is 1. The number of rotatable bonds is 5. The van der Waals surface area contributed by atoms with Crippen LogP contribution in [0.1, 0.15) is 19.4 Å². The number of phenols is 1. The molecule has 0 spiro atoms. The van der Waals surface area contributed by atoms with E-state index in [-0.39, 0.29) is 17.6 Å². The molecule has 2 rings (SSSR count). The normalized spacial score (nSPS) is 12.6. The molecule has 0 amide bonds. The van der Waals surface area contributed by atoms with Crippen molar-refractivity contribution in [2.75, 3.05) is 7.11 Å². The fourth-order valence-corrected chi connectivity index (χ4v) is 2.44. The summed E-state index contributed by atoms with van der Waals surface area (Å²) in [5.74, 6) is 0.0490. The summed E-state index contributed by atoms with van der Waals surface area (Å²) in [6.07, 6.45) is 0. The third-order valence-electron chi connectivity index (χ3n) is 3.64. The highest BCUT2D eigenvalue weighted by Gasteiger charge is 2.22. The zero-order valence-corrected chi connectivity index (χ0v) is 12.6. The topological polar surface area (TPSA) is 58.6 Å². The highest BCUT2D eigenvalue weighted by Crippen LogP contribution is 2.27. The van der Waals surface area contributed by atoms with E-state index < -0.39 is 6.04 Å². The Hall–Kier alpha value is -2.07. The van der Waals surface area contributed by atoms with Crippen LogP contribution in [0.15, 0.2) is 36.4 Å². The first-order valence-electron chi connectivity index (χ1n) is 7.05. The number of aromatic hydroxyl groups is 1. The van der Waals surface area contributed by atoms with E-state index in [9.17, 15) is 9.90 Å². The lowest BCUT2D eigenvalue weighted by atomic mass is 10.0. The van der Waals surface area contributed by atoms with E-state index in [1.54, 1.807) is 6.07 Å². The van der Waals surface area contributed by atoms with Gasteiger partial charge >= 0.3 is 5.97 Å². The van der Waals surface area contributed by atoms with Crippen molar-refractivity contribution in [2.45, 2.75) is 26.4 Å². The zero-order chi connectivity index (χ0) is 15.4. The molecular weight excluding hydrogens is 266 g/mol. The summed E-state index contributed by atoms with van der Waals surface area (Å²) >= 11 is 0. The minimum atomic E-state index is -0.395. The number of hydrogen-bond acceptors (Lipinski definition) is 4. The largest absolute Gasteiger partial charge is 0.508 e. The Morgan fingerprint density at radius 2 is 1.95 bits per heavy atom. The predicted molar refractivity (Wildman–Crippen MR) is 83.1 cm³/mol. The number of methoxy groups -OCH3 is 1. The number of nitrogens with one attached hydrogen (secondary N) is 1. The minimum Gasteiger partial charge on any atom is -0.508 e. The van der Waals surface area contributed by atoms with Gasteiger partial charge in [0, 0.05) is 12.1 Å². The molecule has 0 bridgehead atoms. The minimum absolute atomic E-state index is 0.106. The van der Waals surface area contributed by atoms with Gasteiger partial charge in [0.15, 0.2) is 0 Å². The summed E-state index contributed by atoms with van der Waals surface area (Å²) in [6.45, 7) is 4.32. The van der Waals surface area contributed by atoms with Crippen LogP contribution in [0, 0.1) is 5.92 Å². The number of benzene rings is 2. The lowest BCUT2D eigenvalue weighted by Crippen LogP contribution is -2.41. The molecule has 0 saturated carbocycles. The van der Waals surface area contributed by atoms with Crippen LogP contribution in [-0.4, -0.2) is 24.2 Å². The van der Waals surface area contributed by atoms with E-state index in [1.165, 1.54) is 7.11 Å². The molecule has 0 aliphatic rings. The standard InChI is InChI=1S/C17H21NO3/c1-11(2)16(17(20)21-3)18-10-14-13-7-5-4-6-12(13)8-9-15(14)19/h4-9,11,16,18-19H,10H2,1-3H3/t16-/m0/s1. The first-order valence-corrected chi connectivity index (χ1v) is 7.05. The fraction of sp³-hybridized carbons (Fsp3) is 0.353. The van der Waals surface area contributed by atoms with E-state index in [0.29, 0.717) is 6.54 Å². The van der Waals surface area contributed by atoms with Crippen LogP contribution < -0.4 is 5.32 Å². The third kappa shape index (κ3) is 3.34. The molecule has 0 saturated heterocycles. The van der Waals surface area contributed by atoms with E-state index in [2.05, 4.69) is 5.32 Å². The average Bonchev–Trinajstić information content (AvgIpc) is 2.48. The van der Waals surface area contributed by atoms with Gasteiger partial charge in [-0.3, -0.25) is 10.1 Å². The first-order chi connectivity index (χ1) is 10.0. The van der Waals surface area contributed by atoms with Crippen molar-refractivity contribution in [3.05, 3.63) is 42.0 Å². The highest BCUT2D eigenvalue weighted by molar-refractivity contribution is 5.87. The number of fused-ring (bicyclic) bond motifs is 1. The molecule has 0 aromatic heterocycles. The second-order valence-corrected chi connectivity index (χ2v) is 5.41. The van der Waals surface area contributed by atoms with Crippen molar-refractivity contribution in [1.82, 2.24) is 5.32 Å². The molecule has 0 radical (unpaired) electrons. The van der Waals surface area contributed by atoms with E-state index in [4.69, 9.17) is 4.74 Å². The maximum absolute atomic E-state index is 11.8. The van der Waals surface area contributed by atoms with Crippen LogP contribution in [0.4, 0.5) is 0 Å². The molecule has 0 aliphatic heterocycles. The van der Waals surface area contributed by atoms with Crippen LogP contribution in [0.3, 0.4) is 0 Å². The Labute approximate surface area is 124 Å². The van der Waals surface area contributed by atoms with Gasteiger partial charge in [0.1, 0.15) is 11.8 Å². The molecular formula is C17H21NO3. The molecule has 0 unspecified atom stereocenters.